The molecule has 180 valence electrons. The lowest BCUT2D eigenvalue weighted by Gasteiger charge is -2.49. The molecule has 0 aromatic carbocycles. The van der Waals surface area contributed by atoms with Gasteiger partial charge < -0.3 is 24.1 Å². The Labute approximate surface area is 183 Å². The van der Waals surface area contributed by atoms with Gasteiger partial charge >= 0.3 is 11.9 Å². The Hall–Kier alpha value is -1.18. The number of aliphatic hydroxyl groups is 1. The molecule has 0 amide bonds. The van der Waals surface area contributed by atoms with E-state index in [1.54, 1.807) is 0 Å². The average molecular weight is 435 g/mol. The molecule has 7 heteroatoms. The number of esters is 2. The van der Waals surface area contributed by atoms with E-state index in [0.29, 0.717) is 19.6 Å². The lowest BCUT2D eigenvalue weighted by molar-refractivity contribution is -0.322. The van der Waals surface area contributed by atoms with Gasteiger partial charge in [0.25, 0.3) is 0 Å². The number of carbonyl (C=O) groups excluding carboxylic acids is 2. The van der Waals surface area contributed by atoms with Gasteiger partial charge in [-0.15, -0.1) is 0 Å². The normalized spacial score (nSPS) is 19.9. The fraction of sp³-hybridized carbons (Fsp3) is 0.913. The van der Waals surface area contributed by atoms with E-state index < -0.39 is 17.0 Å². The van der Waals surface area contributed by atoms with Gasteiger partial charge in [-0.3, -0.25) is 9.59 Å². The molecule has 1 unspecified atom stereocenters. The first-order valence-corrected chi connectivity index (χ1v) is 10.1. The first-order chi connectivity index (χ1) is 12.8. The predicted octanol–water partition coefficient (Wildman–Crippen LogP) is 4.49. The molecule has 0 saturated carbocycles. The van der Waals surface area contributed by atoms with Crippen LogP contribution in [-0.2, 0) is 28.5 Å². The maximum Gasteiger partial charge on any atom is 0.303 e. The summed E-state index contributed by atoms with van der Waals surface area (Å²) < 4.78 is 21.5. The SMILES string of the molecule is C.CC(=O)OC1(C(C)(C)C)COC(C)(C)OC1.CCC(O)(COC(C)=O)C(C)(C)C. The first-order valence-electron chi connectivity index (χ1n) is 10.1. The van der Waals surface area contributed by atoms with Crippen LogP contribution in [0.15, 0.2) is 0 Å². The van der Waals surface area contributed by atoms with Crippen LogP contribution < -0.4 is 0 Å². The number of rotatable bonds is 4. The second kappa shape index (κ2) is 10.9. The summed E-state index contributed by atoms with van der Waals surface area (Å²) in [5, 5.41) is 10.1. The second-order valence-electron chi connectivity index (χ2n) is 10.2. The minimum atomic E-state index is -0.932. The molecule has 0 aromatic rings. The van der Waals surface area contributed by atoms with Crippen molar-refractivity contribution in [3.63, 3.8) is 0 Å². The zero-order valence-corrected chi connectivity index (χ0v) is 20.2. The Morgan fingerprint density at radius 3 is 1.67 bits per heavy atom. The van der Waals surface area contributed by atoms with Crippen molar-refractivity contribution in [2.45, 2.75) is 107 Å². The molecule has 1 saturated heterocycles. The van der Waals surface area contributed by atoms with Crippen molar-refractivity contribution in [1.29, 1.82) is 0 Å². The minimum absolute atomic E-state index is 0. The largest absolute Gasteiger partial charge is 0.463 e. The van der Waals surface area contributed by atoms with Crippen LogP contribution in [0.5, 0.6) is 0 Å². The molecule has 0 spiro atoms. The third-order valence-corrected chi connectivity index (χ3v) is 5.51. The van der Waals surface area contributed by atoms with Crippen molar-refractivity contribution in [3.05, 3.63) is 0 Å². The van der Waals surface area contributed by atoms with E-state index in [-0.39, 0.29) is 36.8 Å². The Balaban J connectivity index is 0. The summed E-state index contributed by atoms with van der Waals surface area (Å²) in [5.74, 6) is -1.26. The van der Waals surface area contributed by atoms with Crippen molar-refractivity contribution >= 4 is 11.9 Å². The van der Waals surface area contributed by atoms with E-state index in [1.807, 2.05) is 62.3 Å². The highest BCUT2D eigenvalue weighted by molar-refractivity contribution is 5.66. The summed E-state index contributed by atoms with van der Waals surface area (Å²) in [5.41, 5.74) is -2.14. The highest BCUT2D eigenvalue weighted by Gasteiger charge is 2.50. The van der Waals surface area contributed by atoms with Crippen LogP contribution in [0, 0.1) is 10.8 Å². The monoisotopic (exact) mass is 434 g/mol. The van der Waals surface area contributed by atoms with Crippen LogP contribution in [0.4, 0.5) is 0 Å². The predicted molar refractivity (Wildman–Crippen MR) is 118 cm³/mol. The van der Waals surface area contributed by atoms with Gasteiger partial charge in [0.05, 0.1) is 13.2 Å². The Morgan fingerprint density at radius 1 is 0.967 bits per heavy atom. The summed E-state index contributed by atoms with van der Waals surface area (Å²) in [6, 6.07) is 0. The molecule has 1 heterocycles. The van der Waals surface area contributed by atoms with Crippen molar-refractivity contribution < 1.29 is 33.6 Å². The Bertz CT molecular complexity index is 545. The zero-order chi connectivity index (χ0) is 23.3. The van der Waals surface area contributed by atoms with Crippen LogP contribution in [0.25, 0.3) is 0 Å². The smallest absolute Gasteiger partial charge is 0.303 e. The summed E-state index contributed by atoms with van der Waals surface area (Å²) in [6.07, 6.45) is 0.573. The number of hydrogen-bond acceptors (Lipinski definition) is 7. The molecule has 1 aliphatic rings. The fourth-order valence-corrected chi connectivity index (χ4v) is 2.65. The Morgan fingerprint density at radius 2 is 1.40 bits per heavy atom. The molecule has 0 aromatic heterocycles. The molecule has 1 aliphatic heterocycles. The number of hydrogen-bond donors (Lipinski definition) is 1. The third kappa shape index (κ3) is 8.90. The quantitative estimate of drug-likeness (QED) is 0.652. The molecular formula is C23H46O7. The summed E-state index contributed by atoms with van der Waals surface area (Å²) >= 11 is 0. The molecule has 1 rings (SSSR count). The third-order valence-electron chi connectivity index (χ3n) is 5.51. The Kier molecular flexibility index (Phi) is 11.3. The molecule has 1 N–H and O–H groups in total. The van der Waals surface area contributed by atoms with Crippen molar-refractivity contribution in [2.24, 2.45) is 10.8 Å². The topological polar surface area (TPSA) is 91.3 Å². The lowest BCUT2D eigenvalue weighted by Crippen LogP contribution is -2.60. The van der Waals surface area contributed by atoms with Crippen LogP contribution in [-0.4, -0.2) is 53.9 Å². The second-order valence-corrected chi connectivity index (χ2v) is 10.2. The molecule has 0 radical (unpaired) electrons. The maximum atomic E-state index is 11.2. The summed E-state index contributed by atoms with van der Waals surface area (Å²) in [6.45, 7) is 21.0. The molecule has 7 nitrogen and oxygen atoms in total. The molecule has 30 heavy (non-hydrogen) atoms. The van der Waals surface area contributed by atoms with Gasteiger partial charge in [0, 0.05) is 19.3 Å². The van der Waals surface area contributed by atoms with Crippen molar-refractivity contribution in [1.82, 2.24) is 0 Å². The summed E-state index contributed by atoms with van der Waals surface area (Å²) in [4.78, 5) is 21.8. The van der Waals surface area contributed by atoms with Gasteiger partial charge in [-0.2, -0.15) is 0 Å². The highest BCUT2D eigenvalue weighted by atomic mass is 16.7. The van der Waals surface area contributed by atoms with E-state index in [9.17, 15) is 14.7 Å². The van der Waals surface area contributed by atoms with Crippen LogP contribution in [0.2, 0.25) is 0 Å². The van der Waals surface area contributed by atoms with Crippen LogP contribution in [0.3, 0.4) is 0 Å². The number of ether oxygens (including phenoxy) is 4. The van der Waals surface area contributed by atoms with E-state index >= 15 is 0 Å². The molecule has 0 bridgehead atoms. The van der Waals surface area contributed by atoms with E-state index in [1.165, 1.54) is 13.8 Å². The maximum absolute atomic E-state index is 11.2. The molecule has 1 fully saturated rings. The van der Waals surface area contributed by atoms with Gasteiger partial charge in [0.15, 0.2) is 11.4 Å². The number of carbonyl (C=O) groups is 2. The average Bonchev–Trinajstić information content (AvgIpc) is 2.52. The van der Waals surface area contributed by atoms with Gasteiger partial charge in [0.2, 0.25) is 0 Å². The first kappa shape index (κ1) is 31.0. The minimum Gasteiger partial charge on any atom is -0.463 e. The van der Waals surface area contributed by atoms with E-state index in [2.05, 4.69) is 0 Å². The van der Waals surface area contributed by atoms with Crippen LogP contribution >= 0.6 is 0 Å². The fourth-order valence-electron chi connectivity index (χ4n) is 2.65. The van der Waals surface area contributed by atoms with Crippen molar-refractivity contribution in [2.75, 3.05) is 19.8 Å². The van der Waals surface area contributed by atoms with E-state index in [4.69, 9.17) is 18.9 Å². The standard InChI is InChI=1S/C12H22O4.C10H20O3.CH4/c1-9(13)16-12(10(2,3)4)7-14-11(5,6)15-8-12;1-6-10(12,9(3,4)5)7-13-8(2)11;/h7-8H2,1-6H3;12H,6-7H2,1-5H3;1H4. The van der Waals surface area contributed by atoms with E-state index in [0.717, 1.165) is 0 Å². The van der Waals surface area contributed by atoms with Gasteiger partial charge in [-0.05, 0) is 25.7 Å². The van der Waals surface area contributed by atoms with Crippen molar-refractivity contribution in [3.8, 4) is 0 Å². The van der Waals surface area contributed by atoms with Crippen LogP contribution in [0.1, 0.15) is 90.0 Å². The lowest BCUT2D eigenvalue weighted by atomic mass is 9.75. The highest BCUT2D eigenvalue weighted by Crippen LogP contribution is 2.39. The summed E-state index contributed by atoms with van der Waals surface area (Å²) in [7, 11) is 0. The zero-order valence-electron chi connectivity index (χ0n) is 20.2. The molecule has 1 atom stereocenters. The molecular weight excluding hydrogens is 388 g/mol. The van der Waals surface area contributed by atoms with Gasteiger partial charge in [0.1, 0.15) is 12.2 Å². The molecule has 0 aliphatic carbocycles. The van der Waals surface area contributed by atoms with Gasteiger partial charge in [-0.1, -0.05) is 55.9 Å². The van der Waals surface area contributed by atoms with Gasteiger partial charge in [-0.25, -0.2) is 0 Å².